The van der Waals surface area contributed by atoms with E-state index in [4.69, 9.17) is 0 Å². The van der Waals surface area contributed by atoms with Crippen molar-refractivity contribution in [3.05, 3.63) is 35.9 Å². The van der Waals surface area contributed by atoms with Crippen LogP contribution >= 0.6 is 11.8 Å². The van der Waals surface area contributed by atoms with Crippen molar-refractivity contribution in [1.29, 1.82) is 0 Å². The molecule has 24 heavy (non-hydrogen) atoms. The molecule has 130 valence electrons. The van der Waals surface area contributed by atoms with Crippen LogP contribution in [0, 0.1) is 0 Å². The minimum atomic E-state index is -0.410. The van der Waals surface area contributed by atoms with Crippen LogP contribution in [0.25, 0.3) is 0 Å². The molecule has 2 aliphatic rings. The Hall–Kier alpha value is -1.69. The molecule has 3 rings (SSSR count). The predicted octanol–water partition coefficient (Wildman–Crippen LogP) is 2.37. The molecular weight excluding hydrogens is 322 g/mol. The Kier molecular flexibility index (Phi) is 5.33. The molecule has 0 aromatic heterocycles. The van der Waals surface area contributed by atoms with E-state index in [9.17, 15) is 9.59 Å². The van der Waals surface area contributed by atoms with Gasteiger partial charge in [0.05, 0.1) is 0 Å². The highest BCUT2D eigenvalue weighted by atomic mass is 32.2. The van der Waals surface area contributed by atoms with Crippen molar-refractivity contribution in [1.82, 2.24) is 15.5 Å². The number of likely N-dealkylation sites (tertiary alicyclic amines) is 1. The van der Waals surface area contributed by atoms with Gasteiger partial charge in [0.15, 0.2) is 0 Å². The van der Waals surface area contributed by atoms with Crippen LogP contribution in [0.15, 0.2) is 30.3 Å². The molecule has 1 aliphatic carbocycles. The van der Waals surface area contributed by atoms with Crippen LogP contribution < -0.4 is 10.6 Å². The first kappa shape index (κ1) is 17.1. The standard InChI is InChI=1S/C18H25N3O2S/c1-24-18(9-10-18)13-19-17(23)20-15-8-5-11-21(16(15)22)12-14-6-3-2-4-7-14/h2-4,6-7,15H,5,8-13H2,1H3,(H2,19,20,23). The average Bonchev–Trinajstić information content (AvgIpc) is 3.38. The molecular formula is C18H25N3O2S. The minimum absolute atomic E-state index is 0.0197. The summed E-state index contributed by atoms with van der Waals surface area (Å²) >= 11 is 1.81. The second-order valence-corrected chi connectivity index (χ2v) is 7.93. The predicted molar refractivity (Wildman–Crippen MR) is 96.9 cm³/mol. The molecule has 1 aromatic carbocycles. The summed E-state index contributed by atoms with van der Waals surface area (Å²) in [5.74, 6) is 0.0197. The van der Waals surface area contributed by atoms with Gasteiger partial charge in [0.1, 0.15) is 6.04 Å². The third kappa shape index (κ3) is 4.23. The molecule has 1 aliphatic heterocycles. The largest absolute Gasteiger partial charge is 0.337 e. The number of piperidine rings is 1. The SMILES string of the molecule is CSC1(CNC(=O)NC2CCCN(Cc3ccccc3)C2=O)CC1. The number of amides is 3. The second kappa shape index (κ2) is 7.47. The molecule has 1 saturated heterocycles. The van der Waals surface area contributed by atoms with Crippen molar-refractivity contribution in [2.45, 2.75) is 43.0 Å². The van der Waals surface area contributed by atoms with E-state index in [2.05, 4.69) is 16.9 Å². The summed E-state index contributed by atoms with van der Waals surface area (Å²) in [7, 11) is 0. The van der Waals surface area contributed by atoms with Gasteiger partial charge in [-0.3, -0.25) is 4.79 Å². The second-order valence-electron chi connectivity index (χ2n) is 6.65. The smallest absolute Gasteiger partial charge is 0.315 e. The van der Waals surface area contributed by atoms with Gasteiger partial charge in [0, 0.05) is 24.4 Å². The van der Waals surface area contributed by atoms with E-state index in [0.717, 1.165) is 31.4 Å². The summed E-state index contributed by atoms with van der Waals surface area (Å²) in [5.41, 5.74) is 1.12. The first-order valence-corrected chi connectivity index (χ1v) is 9.77. The van der Waals surface area contributed by atoms with E-state index in [1.54, 1.807) is 0 Å². The van der Waals surface area contributed by atoms with Crippen molar-refractivity contribution < 1.29 is 9.59 Å². The van der Waals surface area contributed by atoms with E-state index in [0.29, 0.717) is 19.5 Å². The summed E-state index contributed by atoms with van der Waals surface area (Å²) in [6.45, 7) is 2.03. The Morgan fingerprint density at radius 1 is 1.33 bits per heavy atom. The molecule has 0 spiro atoms. The van der Waals surface area contributed by atoms with Gasteiger partial charge in [-0.1, -0.05) is 30.3 Å². The fraction of sp³-hybridized carbons (Fsp3) is 0.556. The molecule has 5 nitrogen and oxygen atoms in total. The molecule has 0 bridgehead atoms. The molecule has 2 N–H and O–H groups in total. The number of benzene rings is 1. The highest BCUT2D eigenvalue weighted by Crippen LogP contribution is 2.46. The van der Waals surface area contributed by atoms with Crippen LogP contribution in [-0.4, -0.2) is 47.0 Å². The van der Waals surface area contributed by atoms with Crippen LogP contribution in [0.5, 0.6) is 0 Å². The van der Waals surface area contributed by atoms with Gasteiger partial charge >= 0.3 is 6.03 Å². The van der Waals surface area contributed by atoms with E-state index in [1.807, 2.05) is 47.0 Å². The van der Waals surface area contributed by atoms with Gasteiger partial charge in [-0.15, -0.1) is 0 Å². The Bertz CT molecular complexity index is 589. The van der Waals surface area contributed by atoms with E-state index < -0.39 is 6.04 Å². The van der Waals surface area contributed by atoms with Gasteiger partial charge in [0.2, 0.25) is 5.91 Å². The summed E-state index contributed by atoms with van der Waals surface area (Å²) in [6.07, 6.45) is 6.02. The van der Waals surface area contributed by atoms with E-state index in [1.165, 1.54) is 0 Å². The first-order valence-electron chi connectivity index (χ1n) is 8.54. The van der Waals surface area contributed by atoms with Gasteiger partial charge in [-0.2, -0.15) is 11.8 Å². The fourth-order valence-corrected chi connectivity index (χ4v) is 3.80. The normalized spacial score (nSPS) is 22.1. The van der Waals surface area contributed by atoms with Crippen LogP contribution in [-0.2, 0) is 11.3 Å². The topological polar surface area (TPSA) is 61.4 Å². The van der Waals surface area contributed by atoms with Crippen molar-refractivity contribution in [2.24, 2.45) is 0 Å². The third-order valence-corrected chi connectivity index (χ3v) is 6.28. The van der Waals surface area contributed by atoms with Crippen molar-refractivity contribution >= 4 is 23.7 Å². The van der Waals surface area contributed by atoms with Crippen molar-refractivity contribution in [3.8, 4) is 0 Å². The van der Waals surface area contributed by atoms with Crippen LogP contribution in [0.3, 0.4) is 0 Å². The van der Waals surface area contributed by atoms with Crippen LogP contribution in [0.1, 0.15) is 31.2 Å². The number of hydrogen-bond acceptors (Lipinski definition) is 3. The zero-order valence-corrected chi connectivity index (χ0v) is 14.9. The molecule has 2 fully saturated rings. The zero-order valence-electron chi connectivity index (χ0n) is 14.1. The lowest BCUT2D eigenvalue weighted by molar-refractivity contribution is -0.136. The molecule has 6 heteroatoms. The fourth-order valence-electron chi connectivity index (χ4n) is 3.08. The molecule has 1 atom stereocenters. The monoisotopic (exact) mass is 347 g/mol. The summed E-state index contributed by atoms with van der Waals surface area (Å²) in [6, 6.07) is 9.33. The highest BCUT2D eigenvalue weighted by molar-refractivity contribution is 8.00. The quantitative estimate of drug-likeness (QED) is 0.830. The Labute approximate surface area is 147 Å². The lowest BCUT2D eigenvalue weighted by atomic mass is 10.0. The van der Waals surface area contributed by atoms with Crippen LogP contribution in [0.4, 0.5) is 4.79 Å². The molecule has 0 radical (unpaired) electrons. The number of nitrogens with one attached hydrogen (secondary N) is 2. The Morgan fingerprint density at radius 2 is 2.08 bits per heavy atom. The summed E-state index contributed by atoms with van der Waals surface area (Å²) < 4.78 is 0.229. The number of carbonyl (C=O) groups excluding carboxylic acids is 2. The average molecular weight is 347 g/mol. The lowest BCUT2D eigenvalue weighted by Gasteiger charge is -2.32. The maximum Gasteiger partial charge on any atom is 0.315 e. The highest BCUT2D eigenvalue weighted by Gasteiger charge is 2.42. The Balaban J connectivity index is 1.50. The van der Waals surface area contributed by atoms with E-state index in [-0.39, 0.29) is 16.7 Å². The summed E-state index contributed by atoms with van der Waals surface area (Å²) in [4.78, 5) is 26.6. The Morgan fingerprint density at radius 3 is 2.75 bits per heavy atom. The van der Waals surface area contributed by atoms with E-state index >= 15 is 0 Å². The van der Waals surface area contributed by atoms with Crippen molar-refractivity contribution in [3.63, 3.8) is 0 Å². The van der Waals surface area contributed by atoms with Gasteiger partial charge in [-0.05, 0) is 37.5 Å². The zero-order chi connectivity index (χ0) is 17.0. The van der Waals surface area contributed by atoms with Crippen LogP contribution in [0.2, 0.25) is 0 Å². The number of thioether (sulfide) groups is 1. The van der Waals surface area contributed by atoms with Gasteiger partial charge in [-0.25, -0.2) is 4.79 Å². The first-order chi connectivity index (χ1) is 11.6. The minimum Gasteiger partial charge on any atom is -0.337 e. The number of carbonyl (C=O) groups is 2. The molecule has 1 heterocycles. The molecule has 1 aromatic rings. The molecule has 3 amide bonds. The van der Waals surface area contributed by atoms with Gasteiger partial charge < -0.3 is 15.5 Å². The number of hydrogen-bond donors (Lipinski definition) is 2. The number of urea groups is 1. The molecule has 1 unspecified atom stereocenters. The summed E-state index contributed by atoms with van der Waals surface area (Å²) in [5, 5.41) is 5.79. The lowest BCUT2D eigenvalue weighted by Crippen LogP contribution is -2.54. The third-order valence-electron chi connectivity index (χ3n) is 4.86. The number of rotatable bonds is 6. The van der Waals surface area contributed by atoms with Crippen molar-refractivity contribution in [2.75, 3.05) is 19.3 Å². The number of nitrogens with zero attached hydrogens (tertiary/aromatic N) is 1. The molecule has 1 saturated carbocycles. The maximum absolute atomic E-state index is 12.6. The maximum atomic E-state index is 12.6. The van der Waals surface area contributed by atoms with Gasteiger partial charge in [0.25, 0.3) is 0 Å².